The minimum Gasteiger partial charge on any atom is -0.305 e. The maximum absolute atomic E-state index is 13.4. The van der Waals surface area contributed by atoms with Crippen LogP contribution in [0.5, 0.6) is 0 Å². The fourth-order valence-electron chi connectivity index (χ4n) is 1.54. The molecule has 1 heterocycles. The molecule has 0 amide bonds. The smallest absolute Gasteiger partial charge is 0.191 e. The minimum atomic E-state index is -0.732. The van der Waals surface area contributed by atoms with Gasteiger partial charge >= 0.3 is 0 Å². The molecule has 0 unspecified atom stereocenters. The van der Waals surface area contributed by atoms with Gasteiger partial charge in [-0.25, -0.2) is 8.78 Å². The van der Waals surface area contributed by atoms with Gasteiger partial charge in [-0.15, -0.1) is 16.8 Å². The van der Waals surface area contributed by atoms with E-state index in [-0.39, 0.29) is 11.3 Å². The molecule has 0 saturated carbocycles. The fraction of sp³-hybridized carbons (Fsp3) is 0.154. The van der Waals surface area contributed by atoms with Gasteiger partial charge in [0.25, 0.3) is 0 Å². The predicted molar refractivity (Wildman–Crippen MR) is 71.6 cm³/mol. The highest BCUT2D eigenvalue weighted by Gasteiger charge is 2.14. The van der Waals surface area contributed by atoms with Crippen LogP contribution >= 0.6 is 11.8 Å². The molecule has 20 heavy (non-hydrogen) atoms. The van der Waals surface area contributed by atoms with Gasteiger partial charge in [0.2, 0.25) is 0 Å². The number of thioether (sulfide) groups is 1. The lowest BCUT2D eigenvalue weighted by atomic mass is 10.1. The average Bonchev–Trinajstić information content (AvgIpc) is 2.87. The van der Waals surface area contributed by atoms with Crippen molar-refractivity contribution in [1.82, 2.24) is 14.8 Å². The SMILES string of the molecule is C=CCn1cnnc1SCC(=O)c1cc(F)ccc1F. The molecule has 0 aliphatic rings. The summed E-state index contributed by atoms with van der Waals surface area (Å²) in [6, 6.07) is 2.81. The van der Waals surface area contributed by atoms with Crippen LogP contribution in [0.4, 0.5) is 8.78 Å². The summed E-state index contributed by atoms with van der Waals surface area (Å²) >= 11 is 1.11. The highest BCUT2D eigenvalue weighted by molar-refractivity contribution is 7.99. The first kappa shape index (κ1) is 14.4. The molecule has 104 valence electrons. The van der Waals surface area contributed by atoms with E-state index in [0.717, 1.165) is 30.0 Å². The predicted octanol–water partition coefficient (Wildman–Crippen LogP) is 2.72. The molecule has 7 heteroatoms. The average molecular weight is 295 g/mol. The lowest BCUT2D eigenvalue weighted by Gasteiger charge is -2.04. The molecule has 1 aromatic heterocycles. The van der Waals surface area contributed by atoms with E-state index in [1.165, 1.54) is 6.33 Å². The van der Waals surface area contributed by atoms with Crippen LogP contribution in [-0.2, 0) is 6.54 Å². The summed E-state index contributed by atoms with van der Waals surface area (Å²) in [4.78, 5) is 11.9. The van der Waals surface area contributed by atoms with Gasteiger partial charge in [-0.2, -0.15) is 0 Å². The number of rotatable bonds is 6. The highest BCUT2D eigenvalue weighted by Crippen LogP contribution is 2.18. The van der Waals surface area contributed by atoms with E-state index in [0.29, 0.717) is 11.7 Å². The van der Waals surface area contributed by atoms with Gasteiger partial charge in [0.15, 0.2) is 10.9 Å². The van der Waals surface area contributed by atoms with E-state index in [9.17, 15) is 13.6 Å². The first-order chi connectivity index (χ1) is 9.61. The van der Waals surface area contributed by atoms with Gasteiger partial charge in [0, 0.05) is 6.54 Å². The molecule has 2 aromatic rings. The molecule has 0 aliphatic heterocycles. The number of halogens is 2. The normalized spacial score (nSPS) is 10.5. The van der Waals surface area contributed by atoms with Gasteiger partial charge in [-0.3, -0.25) is 4.79 Å². The van der Waals surface area contributed by atoms with E-state index in [2.05, 4.69) is 16.8 Å². The number of Topliss-reactive ketones (excluding diaryl/α,β-unsaturated/α-hetero) is 1. The van der Waals surface area contributed by atoms with Gasteiger partial charge in [-0.1, -0.05) is 17.8 Å². The van der Waals surface area contributed by atoms with Crippen molar-refractivity contribution in [3.63, 3.8) is 0 Å². The van der Waals surface area contributed by atoms with Crippen LogP contribution in [0.25, 0.3) is 0 Å². The lowest BCUT2D eigenvalue weighted by molar-refractivity contribution is 0.101. The van der Waals surface area contributed by atoms with E-state index >= 15 is 0 Å². The summed E-state index contributed by atoms with van der Waals surface area (Å²) in [6.07, 6.45) is 3.18. The molecular weight excluding hydrogens is 284 g/mol. The van der Waals surface area contributed by atoms with Crippen molar-refractivity contribution in [2.75, 3.05) is 5.75 Å². The Balaban J connectivity index is 2.06. The van der Waals surface area contributed by atoms with Gasteiger partial charge in [0.1, 0.15) is 18.0 Å². The van der Waals surface area contributed by atoms with Crippen molar-refractivity contribution >= 4 is 17.5 Å². The number of ketones is 1. The second-order valence-corrected chi connectivity index (χ2v) is 4.83. The topological polar surface area (TPSA) is 47.8 Å². The molecule has 0 radical (unpaired) electrons. The van der Waals surface area contributed by atoms with Crippen molar-refractivity contribution in [2.45, 2.75) is 11.7 Å². The third kappa shape index (κ3) is 3.30. The summed E-state index contributed by atoms with van der Waals surface area (Å²) in [5.41, 5.74) is -0.257. The highest BCUT2D eigenvalue weighted by atomic mass is 32.2. The van der Waals surface area contributed by atoms with Crippen LogP contribution in [0.1, 0.15) is 10.4 Å². The second-order valence-electron chi connectivity index (χ2n) is 3.89. The van der Waals surface area contributed by atoms with Gasteiger partial charge in [0.05, 0.1) is 11.3 Å². The Kier molecular flexibility index (Phi) is 4.62. The molecular formula is C13H11F2N3OS. The van der Waals surface area contributed by atoms with Crippen molar-refractivity contribution < 1.29 is 13.6 Å². The quantitative estimate of drug-likeness (QED) is 0.467. The molecule has 0 saturated heterocycles. The number of hydrogen-bond donors (Lipinski definition) is 0. The van der Waals surface area contributed by atoms with Crippen LogP contribution in [0.3, 0.4) is 0 Å². The molecule has 2 rings (SSSR count). The first-order valence-electron chi connectivity index (χ1n) is 5.71. The summed E-state index contributed by atoms with van der Waals surface area (Å²) < 4.78 is 28.2. The number of benzene rings is 1. The third-order valence-electron chi connectivity index (χ3n) is 2.47. The zero-order chi connectivity index (χ0) is 14.5. The van der Waals surface area contributed by atoms with E-state index in [1.807, 2.05) is 0 Å². The Morgan fingerprint density at radius 1 is 1.45 bits per heavy atom. The molecule has 1 aromatic carbocycles. The molecule has 0 atom stereocenters. The summed E-state index contributed by atoms with van der Waals surface area (Å²) in [5, 5.41) is 8.09. The van der Waals surface area contributed by atoms with Crippen molar-refractivity contribution in [3.8, 4) is 0 Å². The number of nitrogens with zero attached hydrogens (tertiary/aromatic N) is 3. The van der Waals surface area contributed by atoms with E-state index in [4.69, 9.17) is 0 Å². The van der Waals surface area contributed by atoms with E-state index < -0.39 is 17.4 Å². The van der Waals surface area contributed by atoms with Crippen LogP contribution in [0.15, 0.2) is 42.3 Å². The van der Waals surface area contributed by atoms with Crippen LogP contribution < -0.4 is 0 Å². The van der Waals surface area contributed by atoms with Crippen LogP contribution in [0.2, 0.25) is 0 Å². The summed E-state index contributed by atoms with van der Waals surface area (Å²) in [5.74, 6) is -1.92. The second kappa shape index (κ2) is 6.42. The summed E-state index contributed by atoms with van der Waals surface area (Å²) in [6.45, 7) is 4.11. The number of allylic oxidation sites excluding steroid dienone is 1. The van der Waals surface area contributed by atoms with Crippen molar-refractivity contribution in [2.24, 2.45) is 0 Å². The van der Waals surface area contributed by atoms with Gasteiger partial charge < -0.3 is 4.57 Å². The Bertz CT molecular complexity index is 642. The van der Waals surface area contributed by atoms with Gasteiger partial charge in [-0.05, 0) is 18.2 Å². The van der Waals surface area contributed by atoms with Crippen LogP contribution in [0, 0.1) is 11.6 Å². The Morgan fingerprint density at radius 2 is 2.25 bits per heavy atom. The zero-order valence-electron chi connectivity index (χ0n) is 10.4. The first-order valence-corrected chi connectivity index (χ1v) is 6.70. The molecule has 0 bridgehead atoms. The number of carbonyl (C=O) groups is 1. The Labute approximate surface area is 118 Å². The maximum atomic E-state index is 13.4. The molecule has 0 fully saturated rings. The van der Waals surface area contributed by atoms with Crippen LogP contribution in [-0.4, -0.2) is 26.3 Å². The standard InChI is InChI=1S/C13H11F2N3OS/c1-2-5-18-8-16-17-13(18)20-7-12(19)10-6-9(14)3-4-11(10)15/h2-4,6,8H,1,5,7H2. The molecule has 0 spiro atoms. The number of aromatic nitrogens is 3. The summed E-state index contributed by atoms with van der Waals surface area (Å²) in [7, 11) is 0. The molecule has 0 aliphatic carbocycles. The molecule has 4 nitrogen and oxygen atoms in total. The van der Waals surface area contributed by atoms with E-state index in [1.54, 1.807) is 10.6 Å². The monoisotopic (exact) mass is 295 g/mol. The third-order valence-corrected chi connectivity index (χ3v) is 3.45. The minimum absolute atomic E-state index is 0.0454. The largest absolute Gasteiger partial charge is 0.305 e. The molecule has 0 N–H and O–H groups in total. The fourth-order valence-corrected chi connectivity index (χ4v) is 2.35. The lowest BCUT2D eigenvalue weighted by Crippen LogP contribution is -2.07. The Morgan fingerprint density at radius 3 is 3.00 bits per heavy atom. The number of hydrogen-bond acceptors (Lipinski definition) is 4. The maximum Gasteiger partial charge on any atom is 0.191 e. The zero-order valence-corrected chi connectivity index (χ0v) is 11.2. The van der Waals surface area contributed by atoms with Crippen molar-refractivity contribution in [3.05, 3.63) is 54.4 Å². The Hall–Kier alpha value is -2.02. The number of carbonyl (C=O) groups excluding carboxylic acids is 1. The van der Waals surface area contributed by atoms with Crippen molar-refractivity contribution in [1.29, 1.82) is 0 Å².